The standard InChI is InChI=1S/C26H30O8.C2H6/c1-17(27)21-11-22(18(2)28)14-25(13-21)33-9-7-31-5-6-32-8-10-34-26-15-23(19(3)29)12-24(16-26)20(4)30;1-2/h11-16H,5-10H2,1-4H3;1-2H3. The zero-order valence-corrected chi connectivity index (χ0v) is 22.0. The molecule has 0 heterocycles. The molecule has 2 rings (SSSR count). The second-order valence-electron chi connectivity index (χ2n) is 7.64. The third-order valence-corrected chi connectivity index (χ3v) is 4.80. The Morgan fingerprint density at radius 1 is 0.472 bits per heavy atom. The maximum Gasteiger partial charge on any atom is 0.159 e. The summed E-state index contributed by atoms with van der Waals surface area (Å²) < 4.78 is 22.1. The Hall–Kier alpha value is -3.36. The van der Waals surface area contributed by atoms with Crippen molar-refractivity contribution in [2.75, 3.05) is 39.6 Å². The summed E-state index contributed by atoms with van der Waals surface area (Å²) in [6.07, 6.45) is 0. The molecule has 0 N–H and O–H groups in total. The van der Waals surface area contributed by atoms with Gasteiger partial charge in [0.1, 0.15) is 24.7 Å². The van der Waals surface area contributed by atoms with Gasteiger partial charge in [-0.15, -0.1) is 0 Å². The molecule has 0 unspecified atom stereocenters. The molecular weight excluding hydrogens is 464 g/mol. The summed E-state index contributed by atoms with van der Waals surface area (Å²) in [5.74, 6) is 0.313. The summed E-state index contributed by atoms with van der Waals surface area (Å²) >= 11 is 0. The van der Waals surface area contributed by atoms with Crippen LogP contribution in [0.3, 0.4) is 0 Å². The van der Waals surface area contributed by atoms with Crippen LogP contribution in [0, 0.1) is 0 Å². The zero-order valence-electron chi connectivity index (χ0n) is 22.0. The molecule has 0 aliphatic heterocycles. The number of rotatable bonds is 15. The van der Waals surface area contributed by atoms with Crippen LogP contribution in [0.1, 0.15) is 83.0 Å². The number of carbonyl (C=O) groups is 4. The number of hydrogen-bond donors (Lipinski definition) is 0. The highest BCUT2D eigenvalue weighted by Gasteiger charge is 2.10. The van der Waals surface area contributed by atoms with Crippen LogP contribution in [-0.2, 0) is 9.47 Å². The van der Waals surface area contributed by atoms with Gasteiger partial charge in [-0.1, -0.05) is 13.8 Å². The SMILES string of the molecule is CC.CC(=O)c1cc(OCCOCCOCCOc2cc(C(C)=O)cc(C(C)=O)c2)cc(C(C)=O)c1. The van der Waals surface area contributed by atoms with E-state index in [2.05, 4.69) is 0 Å². The molecule has 0 aliphatic carbocycles. The normalized spacial score (nSPS) is 10.2. The zero-order chi connectivity index (χ0) is 27.1. The molecule has 0 atom stereocenters. The Morgan fingerprint density at radius 2 is 0.722 bits per heavy atom. The van der Waals surface area contributed by atoms with E-state index in [1.54, 1.807) is 36.4 Å². The smallest absolute Gasteiger partial charge is 0.159 e. The van der Waals surface area contributed by atoms with E-state index in [1.165, 1.54) is 27.7 Å². The summed E-state index contributed by atoms with van der Waals surface area (Å²) in [7, 11) is 0. The van der Waals surface area contributed by atoms with Gasteiger partial charge in [-0.2, -0.15) is 0 Å². The molecule has 8 heteroatoms. The van der Waals surface area contributed by atoms with Crippen molar-refractivity contribution in [2.45, 2.75) is 41.5 Å². The van der Waals surface area contributed by atoms with Gasteiger partial charge in [-0.3, -0.25) is 19.2 Å². The van der Waals surface area contributed by atoms with E-state index < -0.39 is 0 Å². The van der Waals surface area contributed by atoms with Crippen molar-refractivity contribution < 1.29 is 38.1 Å². The minimum absolute atomic E-state index is 0.142. The molecular formula is C28H36O8. The molecule has 2 aromatic carbocycles. The average molecular weight is 501 g/mol. The Bertz CT molecular complexity index is 894. The van der Waals surface area contributed by atoms with Crippen molar-refractivity contribution in [3.05, 3.63) is 58.7 Å². The fourth-order valence-corrected chi connectivity index (χ4v) is 2.94. The summed E-state index contributed by atoms with van der Waals surface area (Å²) in [6, 6.07) is 9.51. The number of benzene rings is 2. The molecule has 2 aromatic rings. The van der Waals surface area contributed by atoms with E-state index in [1.807, 2.05) is 13.8 Å². The molecule has 0 aliphatic rings. The van der Waals surface area contributed by atoms with Gasteiger partial charge < -0.3 is 18.9 Å². The first-order valence-corrected chi connectivity index (χ1v) is 11.9. The predicted molar refractivity (Wildman–Crippen MR) is 137 cm³/mol. The van der Waals surface area contributed by atoms with Gasteiger partial charge in [0, 0.05) is 22.3 Å². The Kier molecular flexibility index (Phi) is 13.9. The lowest BCUT2D eigenvalue weighted by molar-refractivity contribution is 0.0273. The van der Waals surface area contributed by atoms with Crippen molar-refractivity contribution in [2.24, 2.45) is 0 Å². The Balaban J connectivity index is 0.00000316. The van der Waals surface area contributed by atoms with Crippen LogP contribution in [0.15, 0.2) is 36.4 Å². The van der Waals surface area contributed by atoms with Crippen molar-refractivity contribution in [3.8, 4) is 11.5 Å². The molecule has 196 valence electrons. The van der Waals surface area contributed by atoms with Crippen LogP contribution in [0.5, 0.6) is 11.5 Å². The molecule has 8 nitrogen and oxygen atoms in total. The summed E-state index contributed by atoms with van der Waals surface area (Å²) in [5, 5.41) is 0. The molecule has 0 bridgehead atoms. The molecule has 0 saturated heterocycles. The summed E-state index contributed by atoms with van der Waals surface area (Å²) in [6.45, 7) is 11.6. The van der Waals surface area contributed by atoms with E-state index in [-0.39, 0.29) is 36.3 Å². The highest BCUT2D eigenvalue weighted by molar-refractivity contribution is 6.01. The third kappa shape index (κ3) is 10.9. The molecule has 0 saturated carbocycles. The molecule has 0 radical (unpaired) electrons. The number of carbonyl (C=O) groups excluding carboxylic acids is 4. The van der Waals surface area contributed by atoms with Gasteiger partial charge >= 0.3 is 0 Å². The number of Topliss-reactive ketones (excluding diaryl/α,β-unsaturated/α-hetero) is 4. The second kappa shape index (κ2) is 16.3. The van der Waals surface area contributed by atoms with E-state index in [9.17, 15) is 19.2 Å². The van der Waals surface area contributed by atoms with Crippen molar-refractivity contribution in [3.63, 3.8) is 0 Å². The highest BCUT2D eigenvalue weighted by Crippen LogP contribution is 2.19. The molecule has 0 spiro atoms. The predicted octanol–water partition coefficient (Wildman–Crippen LogP) is 5.01. The lowest BCUT2D eigenvalue weighted by Gasteiger charge is -2.11. The van der Waals surface area contributed by atoms with Gasteiger partial charge in [0.05, 0.1) is 26.4 Å². The minimum atomic E-state index is -0.142. The van der Waals surface area contributed by atoms with Gasteiger partial charge in [0.2, 0.25) is 0 Å². The van der Waals surface area contributed by atoms with Crippen molar-refractivity contribution >= 4 is 23.1 Å². The van der Waals surface area contributed by atoms with Crippen molar-refractivity contribution in [1.29, 1.82) is 0 Å². The topological polar surface area (TPSA) is 105 Å². The Labute approximate surface area is 212 Å². The third-order valence-electron chi connectivity index (χ3n) is 4.80. The fraction of sp³-hybridized carbons (Fsp3) is 0.429. The van der Waals surface area contributed by atoms with E-state index in [4.69, 9.17) is 18.9 Å². The monoisotopic (exact) mass is 500 g/mol. The van der Waals surface area contributed by atoms with Crippen LogP contribution in [-0.4, -0.2) is 62.8 Å². The second-order valence-corrected chi connectivity index (χ2v) is 7.64. The molecule has 36 heavy (non-hydrogen) atoms. The fourth-order valence-electron chi connectivity index (χ4n) is 2.94. The molecule has 0 amide bonds. The van der Waals surface area contributed by atoms with Crippen LogP contribution in [0.2, 0.25) is 0 Å². The first-order chi connectivity index (χ1) is 17.2. The van der Waals surface area contributed by atoms with Gasteiger partial charge in [-0.05, 0) is 64.1 Å². The maximum absolute atomic E-state index is 11.6. The largest absolute Gasteiger partial charge is 0.491 e. The minimum Gasteiger partial charge on any atom is -0.491 e. The van der Waals surface area contributed by atoms with E-state index >= 15 is 0 Å². The quantitative estimate of drug-likeness (QED) is 0.248. The highest BCUT2D eigenvalue weighted by atomic mass is 16.6. The Morgan fingerprint density at radius 3 is 0.972 bits per heavy atom. The molecule has 0 fully saturated rings. The lowest BCUT2D eigenvalue weighted by atomic mass is 10.1. The number of ether oxygens (including phenoxy) is 4. The van der Waals surface area contributed by atoms with Gasteiger partial charge in [0.15, 0.2) is 23.1 Å². The molecule has 0 aromatic heterocycles. The first kappa shape index (κ1) is 30.7. The number of hydrogen-bond acceptors (Lipinski definition) is 8. The van der Waals surface area contributed by atoms with Crippen molar-refractivity contribution in [1.82, 2.24) is 0 Å². The van der Waals surface area contributed by atoms with Gasteiger partial charge in [-0.25, -0.2) is 0 Å². The van der Waals surface area contributed by atoms with E-state index in [0.29, 0.717) is 60.2 Å². The average Bonchev–Trinajstić information content (AvgIpc) is 2.85. The lowest BCUT2D eigenvalue weighted by Crippen LogP contribution is -2.14. The van der Waals surface area contributed by atoms with Gasteiger partial charge in [0.25, 0.3) is 0 Å². The number of ketones is 4. The van der Waals surface area contributed by atoms with Crippen LogP contribution in [0.25, 0.3) is 0 Å². The van der Waals surface area contributed by atoms with Crippen LogP contribution < -0.4 is 9.47 Å². The van der Waals surface area contributed by atoms with E-state index in [0.717, 1.165) is 0 Å². The van der Waals surface area contributed by atoms with Crippen LogP contribution >= 0.6 is 0 Å². The first-order valence-electron chi connectivity index (χ1n) is 11.9. The summed E-state index contributed by atoms with van der Waals surface area (Å²) in [5.41, 5.74) is 1.68. The summed E-state index contributed by atoms with van der Waals surface area (Å²) in [4.78, 5) is 46.5. The van der Waals surface area contributed by atoms with Crippen LogP contribution in [0.4, 0.5) is 0 Å². The maximum atomic E-state index is 11.6.